The highest BCUT2D eigenvalue weighted by molar-refractivity contribution is 6.01. The Kier molecular flexibility index (Phi) is 24.8. The van der Waals surface area contributed by atoms with Crippen molar-refractivity contribution in [3.8, 4) is 0 Å². The number of hydrogen-bond donors (Lipinski definition) is 12. The summed E-state index contributed by atoms with van der Waals surface area (Å²) in [5.41, 5.74) is 13.3. The van der Waals surface area contributed by atoms with Crippen LogP contribution in [0, 0.1) is 23.7 Å². The van der Waals surface area contributed by atoms with E-state index in [1.165, 1.54) is 9.80 Å². The first kappa shape index (κ1) is 68.5. The van der Waals surface area contributed by atoms with Gasteiger partial charge in [-0.3, -0.25) is 57.7 Å². The number of rotatable bonds is 16. The first-order chi connectivity index (χ1) is 41.7. The number of fused-ring (bicyclic) bond motifs is 3. The number of aliphatic carboxylic acids is 1. The predicted molar refractivity (Wildman–Crippen MR) is 328 cm³/mol. The number of nitrogens with one attached hydrogen (secondary N) is 9. The van der Waals surface area contributed by atoms with Crippen molar-refractivity contribution in [3.05, 3.63) is 71.9 Å². The summed E-state index contributed by atoms with van der Waals surface area (Å²) in [7, 11) is 0. The predicted octanol–water partition coefficient (Wildman–Crippen LogP) is 0.760. The molecule has 10 atom stereocenters. The smallest absolute Gasteiger partial charge is 0.305 e. The third-order valence-electron chi connectivity index (χ3n) is 16.1. The van der Waals surface area contributed by atoms with Crippen LogP contribution in [0.1, 0.15) is 124 Å². The summed E-state index contributed by atoms with van der Waals surface area (Å²) in [5.74, 6) is -11.1. The zero-order valence-corrected chi connectivity index (χ0v) is 51.7. The SMILES string of the molecule is CC(C)C[C@@H]1NC(=O)[C@H](CC(=O)O)NC(=O)[C@H](C(C)C)NC(=O)[C@@H]2CCCN2C(=O)[C@@H](Cc2c[nH]c3ccccc23)NC(=O)[C@H](CC(C)C)NC(=O)[C@H](CCCN=C(N)N)NC(=O)[C@H](C(C)C)NC(=O)[C@@H]2CCCN2C(=O)[C@@H](Cc2ccccc2)NC1=O. The maximum Gasteiger partial charge on any atom is 0.305 e. The van der Waals surface area contributed by atoms with Crippen LogP contribution in [-0.2, 0) is 65.6 Å². The lowest BCUT2D eigenvalue weighted by molar-refractivity contribution is -0.144. The van der Waals surface area contributed by atoms with Gasteiger partial charge in [-0.25, -0.2) is 0 Å². The Morgan fingerprint density at radius 3 is 1.48 bits per heavy atom. The summed E-state index contributed by atoms with van der Waals surface area (Å²) < 4.78 is 0. The number of guanidine groups is 1. The molecule has 0 aliphatic carbocycles. The van der Waals surface area contributed by atoms with Crippen molar-refractivity contribution in [2.45, 2.75) is 186 Å². The largest absolute Gasteiger partial charge is 0.481 e. The van der Waals surface area contributed by atoms with Crippen molar-refractivity contribution < 1.29 is 57.8 Å². The average Bonchev–Trinajstić information content (AvgIpc) is 3.32. The molecule has 480 valence electrons. The van der Waals surface area contributed by atoms with Crippen LogP contribution < -0.4 is 54.0 Å². The van der Waals surface area contributed by atoms with Crippen molar-refractivity contribution in [3.63, 3.8) is 0 Å². The van der Waals surface area contributed by atoms with Gasteiger partial charge in [-0.1, -0.05) is 104 Å². The van der Waals surface area contributed by atoms with Crippen molar-refractivity contribution in [1.82, 2.24) is 57.3 Å². The van der Waals surface area contributed by atoms with Gasteiger partial charge < -0.3 is 73.9 Å². The first-order valence-electron chi connectivity index (χ1n) is 30.6. The highest BCUT2D eigenvalue weighted by atomic mass is 16.4. The number of nitrogens with zero attached hydrogens (tertiary/aromatic N) is 3. The topological polar surface area (TPSA) is 391 Å². The quantitative estimate of drug-likeness (QED) is 0.0536. The van der Waals surface area contributed by atoms with Crippen molar-refractivity contribution in [2.24, 2.45) is 40.1 Å². The molecule has 88 heavy (non-hydrogen) atoms. The molecule has 3 saturated heterocycles. The number of carbonyl (C=O) groups is 11. The Labute approximate surface area is 513 Å². The van der Waals surface area contributed by atoms with Gasteiger partial charge in [-0.15, -0.1) is 0 Å². The van der Waals surface area contributed by atoms with E-state index in [2.05, 4.69) is 52.5 Å². The lowest BCUT2D eigenvalue weighted by Crippen LogP contribution is -2.62. The van der Waals surface area contributed by atoms with Crippen molar-refractivity contribution in [2.75, 3.05) is 19.6 Å². The summed E-state index contributed by atoms with van der Waals surface area (Å²) in [6.45, 7) is 14.1. The molecule has 1 aromatic heterocycles. The van der Waals surface area contributed by atoms with Gasteiger partial charge in [0.1, 0.15) is 60.4 Å². The maximum absolute atomic E-state index is 15.2. The van der Waals surface area contributed by atoms with Gasteiger partial charge in [-0.2, -0.15) is 0 Å². The van der Waals surface area contributed by atoms with Crippen LogP contribution in [0.3, 0.4) is 0 Å². The van der Waals surface area contributed by atoms with Crippen molar-refractivity contribution >= 4 is 81.9 Å². The number of aromatic nitrogens is 1. The number of amides is 10. The average molecular weight is 1220 g/mol. The van der Waals surface area contributed by atoms with Gasteiger partial charge in [-0.05, 0) is 92.2 Å². The van der Waals surface area contributed by atoms with Crippen LogP contribution in [0.15, 0.2) is 65.8 Å². The Morgan fingerprint density at radius 2 is 0.989 bits per heavy atom. The van der Waals surface area contributed by atoms with E-state index in [4.69, 9.17) is 11.5 Å². The van der Waals surface area contributed by atoms with Gasteiger partial charge in [0.25, 0.3) is 0 Å². The Bertz CT molecular complexity index is 3020. The number of carboxylic acid groups (broad SMARTS) is 1. The zero-order valence-electron chi connectivity index (χ0n) is 51.7. The van der Waals surface area contributed by atoms with Crippen LogP contribution in [0.5, 0.6) is 0 Å². The van der Waals surface area contributed by atoms with E-state index >= 15 is 4.79 Å². The molecule has 3 aliphatic rings. The summed E-state index contributed by atoms with van der Waals surface area (Å²) in [6.07, 6.45) is 1.92. The van der Waals surface area contributed by atoms with E-state index in [9.17, 15) is 53.1 Å². The van der Waals surface area contributed by atoms with Crippen LogP contribution in [0.25, 0.3) is 10.9 Å². The number of para-hydroxylation sites is 1. The molecule has 3 fully saturated rings. The van der Waals surface area contributed by atoms with Gasteiger partial charge in [0, 0.05) is 49.6 Å². The van der Waals surface area contributed by atoms with Crippen LogP contribution in [0.2, 0.25) is 0 Å². The van der Waals surface area contributed by atoms with Crippen molar-refractivity contribution in [1.29, 1.82) is 0 Å². The second kappa shape index (κ2) is 31.9. The minimum atomic E-state index is -1.78. The first-order valence-corrected chi connectivity index (χ1v) is 30.6. The Balaban J connectivity index is 1.43. The second-order valence-corrected chi connectivity index (χ2v) is 24.8. The highest BCUT2D eigenvalue weighted by Crippen LogP contribution is 2.25. The minimum absolute atomic E-state index is 0.00409. The van der Waals surface area contributed by atoms with E-state index in [1.54, 1.807) is 78.1 Å². The molecule has 0 saturated carbocycles. The van der Waals surface area contributed by atoms with Gasteiger partial charge in [0.2, 0.25) is 59.1 Å². The van der Waals surface area contributed by atoms with Crippen LogP contribution >= 0.6 is 0 Å². The van der Waals surface area contributed by atoms with E-state index < -0.39 is 144 Å². The monoisotopic (exact) mass is 1220 g/mol. The fraction of sp³-hybridized carbons (Fsp3) is 0.581. The van der Waals surface area contributed by atoms with E-state index in [-0.39, 0.29) is 88.8 Å². The number of carbonyl (C=O) groups excluding carboxylic acids is 10. The van der Waals surface area contributed by atoms with Crippen LogP contribution in [-0.4, -0.2) is 171 Å². The molecule has 26 nitrogen and oxygen atoms in total. The third-order valence-corrected chi connectivity index (χ3v) is 16.1. The molecule has 10 amide bonds. The highest BCUT2D eigenvalue weighted by Gasteiger charge is 2.44. The molecule has 0 radical (unpaired) electrons. The molecule has 2 aromatic carbocycles. The molecule has 3 aliphatic heterocycles. The fourth-order valence-corrected chi connectivity index (χ4v) is 11.5. The molecule has 0 spiro atoms. The number of hydrogen-bond acceptors (Lipinski definition) is 12. The summed E-state index contributed by atoms with van der Waals surface area (Å²) in [4.78, 5) is 169. The number of carboxylic acids is 1. The van der Waals surface area contributed by atoms with E-state index in [0.717, 1.165) is 10.9 Å². The second-order valence-electron chi connectivity index (χ2n) is 24.8. The number of aromatic amines is 1. The molecule has 4 heterocycles. The summed E-state index contributed by atoms with van der Waals surface area (Å²) in [6, 6.07) is 2.74. The molecular weight excluding hydrogens is 1130 g/mol. The Morgan fingerprint density at radius 1 is 0.545 bits per heavy atom. The van der Waals surface area contributed by atoms with E-state index in [0.29, 0.717) is 24.0 Å². The minimum Gasteiger partial charge on any atom is -0.481 e. The number of aliphatic imine (C=N–C) groups is 1. The molecule has 0 unspecified atom stereocenters. The van der Waals surface area contributed by atoms with Gasteiger partial charge >= 0.3 is 5.97 Å². The zero-order chi connectivity index (χ0) is 64.5. The lowest BCUT2D eigenvalue weighted by Gasteiger charge is -2.33. The standard InChI is InChI=1S/C62H90N14O12/c1-33(2)27-42-54(81)72-46(30-38-32-66-40-20-13-12-19-39(38)40)61(88)76-26-16-23-48(76)57(84)74-51(36(7)8)59(86)70-44(31-49(77)78)55(82)69-43(28-34(3)4)53(80)71-45(29-37-17-10-9-11-18-37)60(87)75-25-15-22-47(75)56(83)73-50(35(5)6)58(85)67-41(52(79)68-42)21-14-24-65-62(63)64/h9-13,17-20,32-36,41-48,50-51,66H,14-16,21-31H2,1-8H3,(H,67,85)(H,68,79)(H,69,82)(H,70,86)(H,71,80)(H,72,81)(H,73,83)(H,74,84)(H,77,78)(H4,63,64,65)/t41-,42-,43-,44-,45+,46+,47-,48-,50-,51-/m0/s1. The molecule has 6 rings (SSSR count). The fourth-order valence-electron chi connectivity index (χ4n) is 11.5. The van der Waals surface area contributed by atoms with Gasteiger partial charge in [0.15, 0.2) is 5.96 Å². The number of H-pyrrole nitrogens is 1. The molecule has 14 N–H and O–H groups in total. The molecular formula is C62H90N14O12. The third kappa shape index (κ3) is 19.0. The van der Waals surface area contributed by atoms with Crippen LogP contribution in [0.4, 0.5) is 0 Å². The summed E-state index contributed by atoms with van der Waals surface area (Å²) in [5, 5.41) is 32.9. The molecule has 0 bridgehead atoms. The number of benzene rings is 2. The summed E-state index contributed by atoms with van der Waals surface area (Å²) >= 11 is 0. The maximum atomic E-state index is 15.2. The Hall–Kier alpha value is -8.58. The van der Waals surface area contributed by atoms with Gasteiger partial charge in [0.05, 0.1) is 6.42 Å². The van der Waals surface area contributed by atoms with E-state index in [1.807, 2.05) is 38.1 Å². The lowest BCUT2D eigenvalue weighted by atomic mass is 9.99. The normalized spacial score (nSPS) is 25.5. The number of nitrogens with two attached hydrogens (primary N) is 2. The molecule has 3 aromatic rings. The molecule has 26 heteroatoms.